The number of aromatic nitrogens is 4. The van der Waals surface area contributed by atoms with E-state index in [0.29, 0.717) is 17.8 Å². The molecule has 0 aliphatic carbocycles. The molecule has 3 heterocycles. The number of H-pyrrole nitrogens is 1. The summed E-state index contributed by atoms with van der Waals surface area (Å²) in [6.45, 7) is 2.57. The average molecular weight is 346 g/mol. The summed E-state index contributed by atoms with van der Waals surface area (Å²) < 4.78 is 45.6. The van der Waals surface area contributed by atoms with Crippen LogP contribution in [0.25, 0.3) is 0 Å². The summed E-state index contributed by atoms with van der Waals surface area (Å²) in [7, 11) is 0. The van der Waals surface area contributed by atoms with Gasteiger partial charge in [-0.05, 0) is 6.92 Å². The Kier molecular flexibility index (Phi) is 4.19. The first-order valence-electron chi connectivity index (χ1n) is 6.84. The number of fused-ring (bicyclic) bond motifs is 1. The molecule has 0 bridgehead atoms. The van der Waals surface area contributed by atoms with Crippen LogP contribution in [-0.4, -0.2) is 19.5 Å². The first kappa shape index (κ1) is 16.1. The van der Waals surface area contributed by atoms with Crippen LogP contribution >= 0.6 is 11.8 Å². The van der Waals surface area contributed by atoms with Crippen molar-refractivity contribution in [2.24, 2.45) is 0 Å². The number of thioether (sulfide) groups is 1. The fraction of sp³-hybridized carbons (Fsp3) is 0.462. The number of nitrogens with one attached hydrogen (secondary N) is 1. The molecule has 0 saturated carbocycles. The molecule has 1 aliphatic heterocycles. The normalized spacial score (nSPS) is 14.3. The molecule has 3 rings (SSSR count). The molecule has 124 valence electrons. The van der Waals surface area contributed by atoms with Gasteiger partial charge < -0.3 is 14.3 Å². The zero-order valence-electron chi connectivity index (χ0n) is 12.1. The van der Waals surface area contributed by atoms with E-state index in [2.05, 4.69) is 15.0 Å². The molecule has 10 heteroatoms. The second kappa shape index (κ2) is 6.00. The lowest BCUT2D eigenvalue weighted by molar-refractivity contribution is -0.141. The predicted molar refractivity (Wildman–Crippen MR) is 75.8 cm³/mol. The van der Waals surface area contributed by atoms with Crippen LogP contribution in [0.1, 0.15) is 29.6 Å². The van der Waals surface area contributed by atoms with Gasteiger partial charge in [0.2, 0.25) is 0 Å². The SMILES string of the molecule is CCn1cnc(C(F)(F)F)c1CSc1nc2c(c(=O)[nH]1)COC2. The largest absolute Gasteiger partial charge is 0.435 e. The zero-order chi connectivity index (χ0) is 16.6. The Hall–Kier alpha value is -1.81. The predicted octanol–water partition coefficient (Wildman–Crippen LogP) is 2.33. The van der Waals surface area contributed by atoms with Crippen molar-refractivity contribution in [3.8, 4) is 0 Å². The maximum atomic E-state index is 13.0. The summed E-state index contributed by atoms with van der Waals surface area (Å²) in [6.07, 6.45) is -3.34. The number of aryl methyl sites for hydroxylation is 1. The van der Waals surface area contributed by atoms with E-state index < -0.39 is 11.9 Å². The third-order valence-electron chi connectivity index (χ3n) is 3.47. The summed E-state index contributed by atoms with van der Waals surface area (Å²) in [5.41, 5.74) is -0.140. The number of alkyl halides is 3. The Morgan fingerprint density at radius 2 is 2.22 bits per heavy atom. The number of ether oxygens (including phenoxy) is 1. The minimum atomic E-state index is -4.51. The Morgan fingerprint density at radius 3 is 2.91 bits per heavy atom. The van der Waals surface area contributed by atoms with Crippen LogP contribution in [0, 0.1) is 0 Å². The van der Waals surface area contributed by atoms with E-state index in [1.165, 1.54) is 10.9 Å². The molecule has 0 unspecified atom stereocenters. The number of nitrogens with zero attached hydrogens (tertiary/aromatic N) is 3. The maximum Gasteiger partial charge on any atom is 0.435 e. The van der Waals surface area contributed by atoms with E-state index in [4.69, 9.17) is 4.74 Å². The van der Waals surface area contributed by atoms with E-state index in [-0.39, 0.29) is 35.4 Å². The van der Waals surface area contributed by atoms with Gasteiger partial charge in [-0.3, -0.25) is 4.79 Å². The van der Waals surface area contributed by atoms with Crippen molar-refractivity contribution >= 4 is 11.8 Å². The lowest BCUT2D eigenvalue weighted by Crippen LogP contribution is -2.15. The topological polar surface area (TPSA) is 72.8 Å². The minimum absolute atomic E-state index is 0.00523. The van der Waals surface area contributed by atoms with Crippen molar-refractivity contribution in [3.63, 3.8) is 0 Å². The molecule has 0 fully saturated rings. The van der Waals surface area contributed by atoms with E-state index in [9.17, 15) is 18.0 Å². The average Bonchev–Trinajstić information content (AvgIpc) is 3.10. The van der Waals surface area contributed by atoms with Crippen LogP contribution in [0.3, 0.4) is 0 Å². The highest BCUT2D eigenvalue weighted by Crippen LogP contribution is 2.33. The fourth-order valence-corrected chi connectivity index (χ4v) is 3.23. The molecule has 0 amide bonds. The van der Waals surface area contributed by atoms with Crippen molar-refractivity contribution in [2.75, 3.05) is 0 Å². The lowest BCUT2D eigenvalue weighted by Gasteiger charge is -2.10. The number of hydrogen-bond donors (Lipinski definition) is 1. The summed E-state index contributed by atoms with van der Waals surface area (Å²) >= 11 is 1.04. The van der Waals surface area contributed by atoms with Crippen molar-refractivity contribution in [1.82, 2.24) is 19.5 Å². The molecular weight excluding hydrogens is 333 g/mol. The van der Waals surface area contributed by atoms with Gasteiger partial charge in [-0.1, -0.05) is 11.8 Å². The molecule has 6 nitrogen and oxygen atoms in total. The second-order valence-corrected chi connectivity index (χ2v) is 5.87. The molecule has 0 atom stereocenters. The molecule has 1 aliphatic rings. The Labute approximate surface area is 133 Å². The number of halogens is 3. The Balaban J connectivity index is 1.85. The highest BCUT2D eigenvalue weighted by molar-refractivity contribution is 7.98. The van der Waals surface area contributed by atoms with Crippen LogP contribution in [0.5, 0.6) is 0 Å². The van der Waals surface area contributed by atoms with Crippen LogP contribution in [0.4, 0.5) is 13.2 Å². The van der Waals surface area contributed by atoms with Gasteiger partial charge in [0, 0.05) is 12.3 Å². The molecular formula is C13H13F3N4O2S. The van der Waals surface area contributed by atoms with Gasteiger partial charge in [0.1, 0.15) is 0 Å². The van der Waals surface area contributed by atoms with Gasteiger partial charge in [0.05, 0.1) is 36.5 Å². The molecule has 0 aromatic carbocycles. The van der Waals surface area contributed by atoms with Gasteiger partial charge in [0.25, 0.3) is 5.56 Å². The number of imidazole rings is 1. The molecule has 2 aromatic rings. The third kappa shape index (κ3) is 3.13. The highest BCUT2D eigenvalue weighted by Gasteiger charge is 2.37. The first-order valence-corrected chi connectivity index (χ1v) is 7.82. The molecule has 2 aromatic heterocycles. The lowest BCUT2D eigenvalue weighted by atomic mass is 10.3. The molecule has 0 spiro atoms. The zero-order valence-corrected chi connectivity index (χ0v) is 12.9. The molecule has 1 N–H and O–H groups in total. The van der Waals surface area contributed by atoms with Crippen LogP contribution in [0.2, 0.25) is 0 Å². The fourth-order valence-electron chi connectivity index (χ4n) is 2.31. The minimum Gasteiger partial charge on any atom is -0.370 e. The van der Waals surface area contributed by atoms with Crippen LogP contribution < -0.4 is 5.56 Å². The van der Waals surface area contributed by atoms with Crippen LogP contribution in [0.15, 0.2) is 16.3 Å². The second-order valence-electron chi connectivity index (χ2n) is 4.90. The van der Waals surface area contributed by atoms with E-state index in [0.717, 1.165) is 11.8 Å². The number of rotatable bonds is 4. The van der Waals surface area contributed by atoms with E-state index in [1.807, 2.05) is 0 Å². The third-order valence-corrected chi connectivity index (χ3v) is 4.35. The van der Waals surface area contributed by atoms with Gasteiger partial charge in [-0.25, -0.2) is 9.97 Å². The summed E-state index contributed by atoms with van der Waals surface area (Å²) in [5, 5.41) is 0.274. The van der Waals surface area contributed by atoms with Gasteiger partial charge in [-0.15, -0.1) is 0 Å². The highest BCUT2D eigenvalue weighted by atomic mass is 32.2. The number of hydrogen-bond acceptors (Lipinski definition) is 5. The van der Waals surface area contributed by atoms with Gasteiger partial charge in [-0.2, -0.15) is 13.2 Å². The first-order chi connectivity index (χ1) is 10.9. The van der Waals surface area contributed by atoms with Crippen LogP contribution in [-0.2, 0) is 36.4 Å². The Bertz CT molecular complexity index is 785. The summed E-state index contributed by atoms with van der Waals surface area (Å²) in [4.78, 5) is 22.1. The van der Waals surface area contributed by atoms with E-state index in [1.54, 1.807) is 6.92 Å². The van der Waals surface area contributed by atoms with Crippen molar-refractivity contribution in [3.05, 3.63) is 39.3 Å². The quantitative estimate of drug-likeness (QED) is 0.679. The summed E-state index contributed by atoms with van der Waals surface area (Å²) in [5.74, 6) is 0.00523. The standard InChI is InChI=1S/C13H13F3N4O2S/c1-2-20-6-17-10(13(14,15)16)9(20)5-23-12-18-8-4-22-3-7(8)11(21)19-12/h6H,2-5H2,1H3,(H,18,19,21). The molecule has 23 heavy (non-hydrogen) atoms. The van der Waals surface area contributed by atoms with Crippen molar-refractivity contribution in [2.45, 2.75) is 43.8 Å². The van der Waals surface area contributed by atoms with E-state index >= 15 is 0 Å². The Morgan fingerprint density at radius 1 is 1.43 bits per heavy atom. The maximum absolute atomic E-state index is 13.0. The number of aromatic amines is 1. The summed E-state index contributed by atoms with van der Waals surface area (Å²) in [6, 6.07) is 0. The van der Waals surface area contributed by atoms with Crippen molar-refractivity contribution < 1.29 is 17.9 Å². The van der Waals surface area contributed by atoms with Gasteiger partial charge >= 0.3 is 6.18 Å². The molecule has 0 saturated heterocycles. The smallest absolute Gasteiger partial charge is 0.370 e. The monoisotopic (exact) mass is 346 g/mol. The molecule has 0 radical (unpaired) electrons. The van der Waals surface area contributed by atoms with Crippen molar-refractivity contribution in [1.29, 1.82) is 0 Å². The van der Waals surface area contributed by atoms with Gasteiger partial charge in [0.15, 0.2) is 10.9 Å².